The first-order valence-electron chi connectivity index (χ1n) is 12.2. The Morgan fingerprint density at radius 3 is 2.49 bits per heavy atom. The highest BCUT2D eigenvalue weighted by Gasteiger charge is 2.39. The van der Waals surface area contributed by atoms with Gasteiger partial charge in [0.2, 0.25) is 17.7 Å². The van der Waals surface area contributed by atoms with Crippen LogP contribution in [0.3, 0.4) is 0 Å². The van der Waals surface area contributed by atoms with Crippen molar-refractivity contribution in [2.24, 2.45) is 0 Å². The number of nitrogens with zero attached hydrogens (tertiary/aromatic N) is 1. The SMILES string of the molecule is CC(C)(C)NC(=O)N[C@H](C(=O)NCc1ccc2c(c1)CN(C1CCC(=O)NC1=O)C2=O)c1ccccc1. The zero-order valence-electron chi connectivity index (χ0n) is 21.1. The molecule has 2 atom stereocenters. The summed E-state index contributed by atoms with van der Waals surface area (Å²) in [5.41, 5.74) is 2.21. The van der Waals surface area contributed by atoms with E-state index in [0.29, 0.717) is 17.5 Å². The first kappa shape index (κ1) is 25.9. The second kappa shape index (κ2) is 10.4. The first-order chi connectivity index (χ1) is 17.5. The van der Waals surface area contributed by atoms with Crippen molar-refractivity contribution in [1.29, 1.82) is 0 Å². The van der Waals surface area contributed by atoms with Crippen LogP contribution >= 0.6 is 0 Å². The van der Waals surface area contributed by atoms with Gasteiger partial charge in [-0.2, -0.15) is 0 Å². The summed E-state index contributed by atoms with van der Waals surface area (Å²) in [5.74, 6) is -1.42. The van der Waals surface area contributed by atoms with Crippen LogP contribution in [0, 0.1) is 0 Å². The molecule has 1 saturated heterocycles. The summed E-state index contributed by atoms with van der Waals surface area (Å²) in [7, 11) is 0. The summed E-state index contributed by atoms with van der Waals surface area (Å²) in [6, 6.07) is 12.2. The van der Waals surface area contributed by atoms with E-state index in [4.69, 9.17) is 0 Å². The fourth-order valence-electron chi connectivity index (χ4n) is 4.48. The lowest BCUT2D eigenvalue weighted by Crippen LogP contribution is -2.52. The third-order valence-electron chi connectivity index (χ3n) is 6.21. The lowest BCUT2D eigenvalue weighted by Gasteiger charge is -2.29. The molecule has 0 radical (unpaired) electrons. The Kier molecular flexibility index (Phi) is 7.28. The van der Waals surface area contributed by atoms with E-state index in [-0.39, 0.29) is 37.2 Å². The van der Waals surface area contributed by atoms with Gasteiger partial charge in [-0.15, -0.1) is 0 Å². The van der Waals surface area contributed by atoms with E-state index in [9.17, 15) is 24.0 Å². The predicted octanol–water partition coefficient (Wildman–Crippen LogP) is 1.90. The number of fused-ring (bicyclic) bond motifs is 1. The van der Waals surface area contributed by atoms with Crippen LogP contribution in [0.15, 0.2) is 48.5 Å². The van der Waals surface area contributed by atoms with Gasteiger partial charge >= 0.3 is 6.03 Å². The van der Waals surface area contributed by atoms with Crippen LogP contribution in [-0.2, 0) is 27.5 Å². The van der Waals surface area contributed by atoms with Crippen molar-refractivity contribution >= 4 is 29.7 Å². The largest absolute Gasteiger partial charge is 0.350 e. The number of carbonyl (C=O) groups is 5. The molecule has 0 spiro atoms. The molecule has 2 aliphatic heterocycles. The number of hydrogen-bond acceptors (Lipinski definition) is 5. The molecule has 4 rings (SSSR count). The normalized spacial score (nSPS) is 18.1. The van der Waals surface area contributed by atoms with E-state index < -0.39 is 29.6 Å². The molecule has 0 bridgehead atoms. The smallest absolute Gasteiger partial charge is 0.316 e. The highest BCUT2D eigenvalue weighted by atomic mass is 16.2. The van der Waals surface area contributed by atoms with Gasteiger partial charge in [-0.05, 0) is 49.9 Å². The number of carbonyl (C=O) groups excluding carboxylic acids is 5. The second-order valence-electron chi connectivity index (χ2n) is 10.3. The van der Waals surface area contributed by atoms with Crippen molar-refractivity contribution in [2.45, 2.75) is 64.3 Å². The molecule has 10 heteroatoms. The van der Waals surface area contributed by atoms with E-state index in [1.165, 1.54) is 4.90 Å². The average molecular weight is 506 g/mol. The van der Waals surface area contributed by atoms with E-state index in [2.05, 4.69) is 21.3 Å². The number of imide groups is 1. The van der Waals surface area contributed by atoms with Crippen molar-refractivity contribution in [2.75, 3.05) is 0 Å². The first-order valence-corrected chi connectivity index (χ1v) is 12.2. The molecule has 2 heterocycles. The molecule has 194 valence electrons. The van der Waals surface area contributed by atoms with Gasteiger partial charge in [0, 0.05) is 30.6 Å². The predicted molar refractivity (Wildman–Crippen MR) is 135 cm³/mol. The molecule has 2 aliphatic rings. The fraction of sp³-hybridized carbons (Fsp3) is 0.370. The summed E-state index contributed by atoms with van der Waals surface area (Å²) in [5, 5.41) is 10.7. The summed E-state index contributed by atoms with van der Waals surface area (Å²) in [6.45, 7) is 5.99. The van der Waals surface area contributed by atoms with E-state index in [1.54, 1.807) is 36.4 Å². The average Bonchev–Trinajstić information content (AvgIpc) is 3.16. The minimum absolute atomic E-state index is 0.185. The summed E-state index contributed by atoms with van der Waals surface area (Å²) in [6.07, 6.45) is 0.488. The fourth-order valence-corrected chi connectivity index (χ4v) is 4.48. The van der Waals surface area contributed by atoms with Crippen molar-refractivity contribution in [3.05, 3.63) is 70.8 Å². The molecule has 1 unspecified atom stereocenters. The van der Waals surface area contributed by atoms with Gasteiger partial charge in [-0.1, -0.05) is 42.5 Å². The Bertz CT molecular complexity index is 1240. The summed E-state index contributed by atoms with van der Waals surface area (Å²) >= 11 is 0. The van der Waals surface area contributed by atoms with Crippen LogP contribution in [0.5, 0.6) is 0 Å². The molecule has 0 saturated carbocycles. The van der Waals surface area contributed by atoms with Crippen LogP contribution in [0.4, 0.5) is 4.79 Å². The maximum atomic E-state index is 13.1. The number of hydrogen-bond donors (Lipinski definition) is 4. The number of nitrogens with one attached hydrogen (secondary N) is 4. The number of piperidine rings is 1. The third kappa shape index (κ3) is 6.14. The number of urea groups is 1. The molecule has 37 heavy (non-hydrogen) atoms. The highest BCUT2D eigenvalue weighted by Crippen LogP contribution is 2.28. The minimum atomic E-state index is -0.900. The van der Waals surface area contributed by atoms with Crippen LogP contribution < -0.4 is 21.3 Å². The Labute approximate surface area is 215 Å². The van der Waals surface area contributed by atoms with E-state index in [0.717, 1.165) is 11.1 Å². The van der Waals surface area contributed by atoms with Crippen molar-refractivity contribution in [3.63, 3.8) is 0 Å². The van der Waals surface area contributed by atoms with Crippen LogP contribution in [0.1, 0.15) is 66.7 Å². The Balaban J connectivity index is 1.43. The van der Waals surface area contributed by atoms with Crippen LogP contribution in [0.2, 0.25) is 0 Å². The zero-order valence-corrected chi connectivity index (χ0v) is 21.1. The molecular formula is C27H31N5O5. The molecule has 4 N–H and O–H groups in total. The van der Waals surface area contributed by atoms with Gasteiger partial charge in [0.1, 0.15) is 12.1 Å². The molecule has 10 nitrogen and oxygen atoms in total. The lowest BCUT2D eigenvalue weighted by atomic mass is 10.0. The second-order valence-corrected chi connectivity index (χ2v) is 10.3. The molecule has 0 aromatic heterocycles. The Hall–Kier alpha value is -4.21. The molecule has 6 amide bonds. The highest BCUT2D eigenvalue weighted by molar-refractivity contribution is 6.05. The summed E-state index contributed by atoms with van der Waals surface area (Å²) in [4.78, 5) is 63.7. The van der Waals surface area contributed by atoms with Gasteiger partial charge in [-0.3, -0.25) is 24.5 Å². The van der Waals surface area contributed by atoms with Gasteiger partial charge < -0.3 is 20.9 Å². The molecule has 0 aliphatic carbocycles. The third-order valence-corrected chi connectivity index (χ3v) is 6.21. The van der Waals surface area contributed by atoms with Gasteiger partial charge in [0.05, 0.1) is 0 Å². The topological polar surface area (TPSA) is 137 Å². The van der Waals surface area contributed by atoms with Crippen LogP contribution in [-0.4, -0.2) is 46.1 Å². The molecule has 2 aromatic carbocycles. The Morgan fingerprint density at radius 2 is 1.81 bits per heavy atom. The standard InChI is InChI=1S/C27H31N5O5/c1-27(2,3)31-26(37)30-22(17-7-5-4-6-8-17)24(35)28-14-16-9-10-19-18(13-16)15-32(25(19)36)20-11-12-21(33)29-23(20)34/h4-10,13,20,22H,11-12,14-15H2,1-3H3,(H,28,35)(H,29,33,34)(H2,30,31,37)/t20?,22-/m0/s1. The van der Waals surface area contributed by atoms with Crippen molar-refractivity contribution in [3.8, 4) is 0 Å². The number of amides is 6. The van der Waals surface area contributed by atoms with E-state index >= 15 is 0 Å². The number of benzene rings is 2. The van der Waals surface area contributed by atoms with Gasteiger partial charge in [-0.25, -0.2) is 4.79 Å². The van der Waals surface area contributed by atoms with Crippen molar-refractivity contribution in [1.82, 2.24) is 26.2 Å². The zero-order chi connectivity index (χ0) is 26.7. The van der Waals surface area contributed by atoms with Gasteiger partial charge in [0.25, 0.3) is 5.91 Å². The minimum Gasteiger partial charge on any atom is -0.350 e. The molecule has 1 fully saturated rings. The maximum Gasteiger partial charge on any atom is 0.316 e. The van der Waals surface area contributed by atoms with Crippen LogP contribution in [0.25, 0.3) is 0 Å². The Morgan fingerprint density at radius 1 is 1.08 bits per heavy atom. The van der Waals surface area contributed by atoms with Gasteiger partial charge in [0.15, 0.2) is 0 Å². The molecule has 2 aromatic rings. The summed E-state index contributed by atoms with van der Waals surface area (Å²) < 4.78 is 0. The quantitative estimate of drug-likeness (QED) is 0.445. The monoisotopic (exact) mass is 505 g/mol. The van der Waals surface area contributed by atoms with E-state index in [1.807, 2.05) is 32.9 Å². The lowest BCUT2D eigenvalue weighted by molar-refractivity contribution is -0.137. The molecular weight excluding hydrogens is 474 g/mol. The van der Waals surface area contributed by atoms with Crippen molar-refractivity contribution < 1.29 is 24.0 Å². The number of rotatable bonds is 6. The maximum absolute atomic E-state index is 13.1.